The van der Waals surface area contributed by atoms with E-state index in [0.717, 1.165) is 28.3 Å². The third-order valence-corrected chi connectivity index (χ3v) is 7.18. The van der Waals surface area contributed by atoms with Crippen molar-refractivity contribution in [1.82, 2.24) is 9.80 Å². The number of nitrogens with zero attached hydrogens (tertiary/aromatic N) is 3. The Morgan fingerprint density at radius 2 is 1.63 bits per heavy atom. The highest BCUT2D eigenvalue weighted by atomic mass is 19.1. The molecule has 1 aliphatic rings. The van der Waals surface area contributed by atoms with E-state index in [1.807, 2.05) is 66.4 Å². The molecule has 41 heavy (non-hydrogen) atoms. The Kier molecular flexibility index (Phi) is 9.21. The van der Waals surface area contributed by atoms with Gasteiger partial charge in [-0.2, -0.15) is 0 Å². The minimum absolute atomic E-state index is 0.110. The molecule has 1 amide bonds. The predicted octanol–water partition coefficient (Wildman–Crippen LogP) is 5.99. The van der Waals surface area contributed by atoms with Gasteiger partial charge < -0.3 is 23.7 Å². The number of amides is 1. The normalized spacial score (nSPS) is 13.5. The van der Waals surface area contributed by atoms with Crippen LogP contribution in [0.3, 0.4) is 0 Å². The summed E-state index contributed by atoms with van der Waals surface area (Å²) in [7, 11) is 1.64. The fourth-order valence-corrected chi connectivity index (χ4v) is 5.15. The second-order valence-corrected chi connectivity index (χ2v) is 10.1. The van der Waals surface area contributed by atoms with E-state index in [4.69, 9.17) is 13.9 Å². The van der Waals surface area contributed by atoms with Gasteiger partial charge in [0.05, 0.1) is 25.9 Å². The summed E-state index contributed by atoms with van der Waals surface area (Å²) in [5.41, 5.74) is 3.01. The Balaban J connectivity index is 1.24. The first-order valence-electron chi connectivity index (χ1n) is 14.0. The van der Waals surface area contributed by atoms with E-state index in [-0.39, 0.29) is 11.7 Å². The number of methoxy groups -OCH3 is 1. The average molecular weight is 558 g/mol. The van der Waals surface area contributed by atoms with Crippen LogP contribution in [-0.2, 0) is 19.6 Å². The van der Waals surface area contributed by atoms with Crippen molar-refractivity contribution in [1.29, 1.82) is 0 Å². The van der Waals surface area contributed by atoms with Gasteiger partial charge in [0, 0.05) is 39.3 Å². The lowest BCUT2D eigenvalue weighted by Gasteiger charge is -2.36. The number of ether oxygens (including phenoxy) is 2. The molecule has 1 fully saturated rings. The maximum atomic E-state index is 13.9. The Morgan fingerprint density at radius 1 is 0.878 bits per heavy atom. The molecule has 4 aromatic rings. The summed E-state index contributed by atoms with van der Waals surface area (Å²) in [5.74, 6) is 2.29. The minimum Gasteiger partial charge on any atom is -0.497 e. The monoisotopic (exact) mass is 557 g/mol. The average Bonchev–Trinajstić information content (AvgIpc) is 3.46. The molecule has 0 bridgehead atoms. The first-order chi connectivity index (χ1) is 20.0. The van der Waals surface area contributed by atoms with E-state index in [9.17, 15) is 9.18 Å². The molecule has 8 heteroatoms. The van der Waals surface area contributed by atoms with E-state index in [0.29, 0.717) is 63.9 Å². The fraction of sp³-hybridized carbons (Fsp3) is 0.303. The molecule has 0 radical (unpaired) electrons. The van der Waals surface area contributed by atoms with E-state index in [2.05, 4.69) is 15.9 Å². The fourth-order valence-electron chi connectivity index (χ4n) is 5.15. The molecule has 5 rings (SSSR count). The summed E-state index contributed by atoms with van der Waals surface area (Å²) in [5, 5.41) is 0. The quantitative estimate of drug-likeness (QED) is 0.226. The number of carbonyl (C=O) groups is 1. The van der Waals surface area contributed by atoms with Crippen LogP contribution in [0.25, 0.3) is 0 Å². The molecule has 2 heterocycles. The van der Waals surface area contributed by atoms with Gasteiger partial charge in [-0.1, -0.05) is 36.4 Å². The lowest BCUT2D eigenvalue weighted by atomic mass is 10.1. The summed E-state index contributed by atoms with van der Waals surface area (Å²) in [6.45, 7) is 6.82. The summed E-state index contributed by atoms with van der Waals surface area (Å²) >= 11 is 0. The molecule has 0 saturated carbocycles. The molecule has 3 aromatic carbocycles. The van der Waals surface area contributed by atoms with Gasteiger partial charge in [-0.15, -0.1) is 0 Å². The molecule has 1 saturated heterocycles. The number of piperazine rings is 1. The van der Waals surface area contributed by atoms with E-state index in [1.54, 1.807) is 25.3 Å². The van der Waals surface area contributed by atoms with Crippen molar-refractivity contribution in [2.24, 2.45) is 0 Å². The highest BCUT2D eigenvalue weighted by Crippen LogP contribution is 2.29. The second kappa shape index (κ2) is 13.4. The summed E-state index contributed by atoms with van der Waals surface area (Å²) in [4.78, 5) is 19.6. The molecular formula is C33H36FN3O4. The molecule has 0 unspecified atom stereocenters. The number of halogens is 1. The number of hydrogen-bond donors (Lipinski definition) is 0. The first kappa shape index (κ1) is 28.2. The van der Waals surface area contributed by atoms with Crippen LogP contribution in [0, 0.1) is 5.82 Å². The standard InChI is InChI=1S/C33H36FN3O4/c1-3-40-31-10-5-4-9-30(31)36-17-19-37(20-18-36)33(38)32-16-15-29(41-32)24-35(23-26-7-6-8-27(34)21-26)22-25-11-13-28(39-2)14-12-25/h4-16,21H,3,17-20,22-24H2,1-2H3. The van der Waals surface area contributed by atoms with Crippen LogP contribution >= 0.6 is 0 Å². The van der Waals surface area contributed by atoms with Crippen LogP contribution in [0.2, 0.25) is 0 Å². The van der Waals surface area contributed by atoms with Gasteiger partial charge >= 0.3 is 0 Å². The van der Waals surface area contributed by atoms with Crippen LogP contribution in [-0.4, -0.2) is 55.6 Å². The molecule has 0 N–H and O–H groups in total. The Bertz CT molecular complexity index is 1430. The third-order valence-electron chi connectivity index (χ3n) is 7.18. The van der Waals surface area contributed by atoms with Crippen LogP contribution in [0.5, 0.6) is 11.5 Å². The molecule has 0 aliphatic carbocycles. The molecular weight excluding hydrogens is 521 g/mol. The van der Waals surface area contributed by atoms with Gasteiger partial charge in [0.15, 0.2) is 5.76 Å². The Hall–Kier alpha value is -4.30. The maximum Gasteiger partial charge on any atom is 0.289 e. The Morgan fingerprint density at radius 3 is 2.37 bits per heavy atom. The smallest absolute Gasteiger partial charge is 0.289 e. The zero-order valence-electron chi connectivity index (χ0n) is 23.6. The molecule has 214 valence electrons. The van der Waals surface area contributed by atoms with Gasteiger partial charge in [-0.05, 0) is 66.6 Å². The lowest BCUT2D eigenvalue weighted by Crippen LogP contribution is -2.48. The molecule has 0 atom stereocenters. The SMILES string of the molecule is CCOc1ccccc1N1CCN(C(=O)c2ccc(CN(Cc3ccc(OC)cc3)Cc3cccc(F)c3)o2)CC1. The third kappa shape index (κ3) is 7.27. The number of hydrogen-bond acceptors (Lipinski definition) is 6. The van der Waals surface area contributed by atoms with Crippen molar-refractivity contribution >= 4 is 11.6 Å². The van der Waals surface area contributed by atoms with E-state index >= 15 is 0 Å². The summed E-state index contributed by atoms with van der Waals surface area (Å²) in [6.07, 6.45) is 0. The summed E-state index contributed by atoms with van der Waals surface area (Å²) in [6, 6.07) is 26.1. The van der Waals surface area contributed by atoms with Crippen molar-refractivity contribution in [2.45, 2.75) is 26.6 Å². The van der Waals surface area contributed by atoms with Crippen LogP contribution in [0.1, 0.15) is 34.4 Å². The zero-order chi connectivity index (χ0) is 28.6. The van der Waals surface area contributed by atoms with Crippen LogP contribution in [0.4, 0.5) is 10.1 Å². The number of anilines is 1. The molecule has 7 nitrogen and oxygen atoms in total. The van der Waals surface area contributed by atoms with Gasteiger partial charge in [-0.25, -0.2) is 4.39 Å². The maximum absolute atomic E-state index is 13.9. The second-order valence-electron chi connectivity index (χ2n) is 10.1. The van der Waals surface area contributed by atoms with Gasteiger partial charge in [0.25, 0.3) is 5.91 Å². The van der Waals surface area contributed by atoms with Gasteiger partial charge in [-0.3, -0.25) is 9.69 Å². The van der Waals surface area contributed by atoms with Crippen molar-refractivity contribution in [3.63, 3.8) is 0 Å². The molecule has 0 spiro atoms. The minimum atomic E-state index is -0.265. The van der Waals surface area contributed by atoms with Crippen molar-refractivity contribution in [3.8, 4) is 11.5 Å². The van der Waals surface area contributed by atoms with Crippen LogP contribution in [0.15, 0.2) is 89.3 Å². The number of benzene rings is 3. The molecule has 1 aliphatic heterocycles. The topological polar surface area (TPSA) is 58.4 Å². The number of rotatable bonds is 11. The highest BCUT2D eigenvalue weighted by Gasteiger charge is 2.26. The molecule has 1 aromatic heterocycles. The lowest BCUT2D eigenvalue weighted by molar-refractivity contribution is 0.0710. The van der Waals surface area contributed by atoms with Crippen molar-refractivity contribution in [3.05, 3.63) is 113 Å². The number of furan rings is 1. The Labute approximate surface area is 240 Å². The van der Waals surface area contributed by atoms with E-state index < -0.39 is 0 Å². The first-order valence-corrected chi connectivity index (χ1v) is 14.0. The van der Waals surface area contributed by atoms with Crippen molar-refractivity contribution in [2.75, 3.05) is 44.8 Å². The largest absolute Gasteiger partial charge is 0.497 e. The summed E-state index contributed by atoms with van der Waals surface area (Å²) < 4.78 is 31.0. The van der Waals surface area contributed by atoms with Gasteiger partial charge in [0.1, 0.15) is 23.1 Å². The zero-order valence-corrected chi connectivity index (χ0v) is 23.6. The van der Waals surface area contributed by atoms with Gasteiger partial charge in [0.2, 0.25) is 0 Å². The number of carbonyl (C=O) groups excluding carboxylic acids is 1. The van der Waals surface area contributed by atoms with Crippen LogP contribution < -0.4 is 14.4 Å². The van der Waals surface area contributed by atoms with Crippen molar-refractivity contribution < 1.29 is 23.1 Å². The highest BCUT2D eigenvalue weighted by molar-refractivity contribution is 5.91. The van der Waals surface area contributed by atoms with E-state index in [1.165, 1.54) is 6.07 Å². The number of para-hydroxylation sites is 2. The predicted molar refractivity (Wildman–Crippen MR) is 157 cm³/mol.